The lowest BCUT2D eigenvalue weighted by Gasteiger charge is -2.27. The molecule has 7 nitrogen and oxygen atoms in total. The van der Waals surface area contributed by atoms with Crippen LogP contribution in [0.2, 0.25) is 0 Å². The Morgan fingerprint density at radius 1 is 1.00 bits per heavy atom. The number of ether oxygens (including phenoxy) is 1. The first kappa shape index (κ1) is 19.3. The Hall–Kier alpha value is -3.68. The summed E-state index contributed by atoms with van der Waals surface area (Å²) in [7, 11) is 0. The van der Waals surface area contributed by atoms with Gasteiger partial charge < -0.3 is 19.9 Å². The van der Waals surface area contributed by atoms with Gasteiger partial charge in [-0.25, -0.2) is 4.39 Å². The summed E-state index contributed by atoms with van der Waals surface area (Å²) in [6, 6.07) is 14.1. The molecule has 0 aliphatic carbocycles. The fraction of sp³-hybridized carbons (Fsp3) is 0.261. The maximum absolute atomic E-state index is 13.2. The molecule has 0 amide bonds. The van der Waals surface area contributed by atoms with Crippen molar-refractivity contribution in [3.05, 3.63) is 59.9 Å². The third-order valence-electron chi connectivity index (χ3n) is 5.27. The van der Waals surface area contributed by atoms with Gasteiger partial charge in [0.2, 0.25) is 5.95 Å². The second-order valence-corrected chi connectivity index (χ2v) is 7.71. The third kappa shape index (κ3) is 4.28. The molecule has 4 aromatic rings. The number of imidazole rings is 1. The number of aromatic nitrogens is 4. The van der Waals surface area contributed by atoms with E-state index in [4.69, 9.17) is 4.74 Å². The molecule has 1 aliphatic heterocycles. The van der Waals surface area contributed by atoms with Crippen molar-refractivity contribution in [2.45, 2.75) is 26.2 Å². The van der Waals surface area contributed by atoms with Gasteiger partial charge in [-0.05, 0) is 68.1 Å². The Balaban J connectivity index is 1.52. The standard InChI is InChI=1S/C23H23FN6O/c1-15-6-5-7-17(14-15)25-22-26-19-20(27-22)28-23(31-18-10-8-16(24)9-11-18)29-21(19)30-12-3-2-4-13-30/h5-11,14H,2-4,12-13H2,1H3,(H2,25,26,27,28,29). The summed E-state index contributed by atoms with van der Waals surface area (Å²) in [5.41, 5.74) is 3.38. The molecule has 1 saturated heterocycles. The number of halogens is 1. The summed E-state index contributed by atoms with van der Waals surface area (Å²) in [6.45, 7) is 3.88. The molecule has 5 rings (SSSR count). The fourth-order valence-corrected chi connectivity index (χ4v) is 3.77. The molecule has 1 aliphatic rings. The highest BCUT2D eigenvalue weighted by atomic mass is 19.1. The molecule has 8 heteroatoms. The number of aromatic amines is 1. The van der Waals surface area contributed by atoms with Crippen molar-refractivity contribution in [3.8, 4) is 11.8 Å². The number of H-pyrrole nitrogens is 1. The van der Waals surface area contributed by atoms with Gasteiger partial charge in [0, 0.05) is 18.8 Å². The van der Waals surface area contributed by atoms with Crippen LogP contribution in [0.3, 0.4) is 0 Å². The second kappa shape index (κ2) is 8.22. The van der Waals surface area contributed by atoms with Crippen LogP contribution in [-0.2, 0) is 0 Å². The summed E-state index contributed by atoms with van der Waals surface area (Å²) in [5.74, 6) is 1.51. The lowest BCUT2D eigenvalue weighted by molar-refractivity contribution is 0.441. The monoisotopic (exact) mass is 418 g/mol. The Morgan fingerprint density at radius 3 is 2.58 bits per heavy atom. The van der Waals surface area contributed by atoms with Crippen molar-refractivity contribution in [3.63, 3.8) is 0 Å². The lowest BCUT2D eigenvalue weighted by Crippen LogP contribution is -2.30. The summed E-state index contributed by atoms with van der Waals surface area (Å²) in [4.78, 5) is 19.4. The molecular weight excluding hydrogens is 395 g/mol. The van der Waals surface area contributed by atoms with Gasteiger partial charge in [0.25, 0.3) is 0 Å². The lowest BCUT2D eigenvalue weighted by atomic mass is 10.1. The molecule has 2 aromatic carbocycles. The van der Waals surface area contributed by atoms with E-state index in [0.29, 0.717) is 17.3 Å². The van der Waals surface area contributed by atoms with Gasteiger partial charge >= 0.3 is 6.01 Å². The van der Waals surface area contributed by atoms with Crippen LogP contribution in [0.15, 0.2) is 48.5 Å². The maximum Gasteiger partial charge on any atom is 0.326 e. The number of anilines is 3. The van der Waals surface area contributed by atoms with E-state index in [2.05, 4.69) is 30.2 Å². The number of benzene rings is 2. The van der Waals surface area contributed by atoms with Gasteiger partial charge in [0.15, 0.2) is 11.5 Å². The highest BCUT2D eigenvalue weighted by molar-refractivity contribution is 5.86. The molecule has 0 saturated carbocycles. The Bertz CT molecular complexity index is 1200. The molecule has 2 N–H and O–H groups in total. The summed E-state index contributed by atoms with van der Waals surface area (Å²) >= 11 is 0. The van der Waals surface area contributed by atoms with E-state index in [1.165, 1.54) is 18.6 Å². The van der Waals surface area contributed by atoms with E-state index in [1.807, 2.05) is 31.2 Å². The van der Waals surface area contributed by atoms with E-state index >= 15 is 0 Å². The van der Waals surface area contributed by atoms with Crippen LogP contribution in [0.4, 0.5) is 21.8 Å². The molecule has 0 radical (unpaired) electrons. The summed E-state index contributed by atoms with van der Waals surface area (Å²) < 4.78 is 19.1. The Kier molecular flexibility index (Phi) is 5.11. The quantitative estimate of drug-likeness (QED) is 0.456. The first-order valence-corrected chi connectivity index (χ1v) is 10.4. The van der Waals surface area contributed by atoms with E-state index in [9.17, 15) is 4.39 Å². The number of aryl methyl sites for hydroxylation is 1. The van der Waals surface area contributed by atoms with Crippen LogP contribution in [0, 0.1) is 12.7 Å². The van der Waals surface area contributed by atoms with E-state index in [1.54, 1.807) is 12.1 Å². The zero-order chi connectivity index (χ0) is 21.2. The number of nitrogens with one attached hydrogen (secondary N) is 2. The minimum atomic E-state index is -0.322. The van der Waals surface area contributed by atoms with Gasteiger partial charge in [-0.1, -0.05) is 12.1 Å². The van der Waals surface area contributed by atoms with E-state index < -0.39 is 0 Å². The first-order chi connectivity index (χ1) is 15.1. The number of hydrogen-bond donors (Lipinski definition) is 2. The van der Waals surface area contributed by atoms with Gasteiger partial charge in [0.05, 0.1) is 0 Å². The van der Waals surface area contributed by atoms with Crippen LogP contribution in [0.5, 0.6) is 11.8 Å². The van der Waals surface area contributed by atoms with Crippen LogP contribution in [-0.4, -0.2) is 33.0 Å². The predicted molar refractivity (Wildman–Crippen MR) is 119 cm³/mol. The van der Waals surface area contributed by atoms with Crippen molar-refractivity contribution < 1.29 is 9.13 Å². The topological polar surface area (TPSA) is 79.0 Å². The fourth-order valence-electron chi connectivity index (χ4n) is 3.77. The van der Waals surface area contributed by atoms with Crippen LogP contribution >= 0.6 is 0 Å². The molecular formula is C23H23FN6O. The number of hydrogen-bond acceptors (Lipinski definition) is 6. The van der Waals surface area contributed by atoms with Crippen molar-refractivity contribution in [1.29, 1.82) is 0 Å². The number of piperidine rings is 1. The van der Waals surface area contributed by atoms with Crippen molar-refractivity contribution in [2.75, 3.05) is 23.3 Å². The highest BCUT2D eigenvalue weighted by Crippen LogP contribution is 2.30. The molecule has 0 bridgehead atoms. The van der Waals surface area contributed by atoms with E-state index in [0.717, 1.165) is 48.5 Å². The van der Waals surface area contributed by atoms with Gasteiger partial charge in [-0.15, -0.1) is 0 Å². The molecule has 0 unspecified atom stereocenters. The molecule has 2 aromatic heterocycles. The van der Waals surface area contributed by atoms with Crippen LogP contribution in [0.25, 0.3) is 11.2 Å². The average molecular weight is 418 g/mol. The SMILES string of the molecule is Cc1cccc(Nc2nc3nc(Oc4ccc(F)cc4)nc(N4CCCCC4)c3[nH]2)c1. The van der Waals surface area contributed by atoms with Gasteiger partial charge in [0.1, 0.15) is 17.1 Å². The Morgan fingerprint density at radius 2 is 1.81 bits per heavy atom. The molecule has 31 heavy (non-hydrogen) atoms. The second-order valence-electron chi connectivity index (χ2n) is 7.71. The Labute approximate surface area is 179 Å². The first-order valence-electron chi connectivity index (χ1n) is 10.4. The minimum absolute atomic E-state index is 0.188. The molecule has 3 heterocycles. The van der Waals surface area contributed by atoms with Gasteiger partial charge in [-0.3, -0.25) is 0 Å². The molecule has 0 spiro atoms. The molecule has 1 fully saturated rings. The average Bonchev–Trinajstić information content (AvgIpc) is 3.17. The van der Waals surface area contributed by atoms with Crippen LogP contribution < -0.4 is 15.0 Å². The zero-order valence-electron chi connectivity index (χ0n) is 17.2. The predicted octanol–water partition coefficient (Wildman–Crippen LogP) is 5.33. The smallest absolute Gasteiger partial charge is 0.326 e. The largest absolute Gasteiger partial charge is 0.424 e. The zero-order valence-corrected chi connectivity index (χ0v) is 17.2. The van der Waals surface area contributed by atoms with E-state index in [-0.39, 0.29) is 11.8 Å². The number of nitrogens with zero attached hydrogens (tertiary/aromatic N) is 4. The number of fused-ring (bicyclic) bond motifs is 1. The highest BCUT2D eigenvalue weighted by Gasteiger charge is 2.21. The van der Waals surface area contributed by atoms with Crippen LogP contribution in [0.1, 0.15) is 24.8 Å². The van der Waals surface area contributed by atoms with Crippen molar-refractivity contribution in [2.24, 2.45) is 0 Å². The molecule has 0 atom stereocenters. The summed E-state index contributed by atoms with van der Waals surface area (Å²) in [6.07, 6.45) is 3.44. The summed E-state index contributed by atoms with van der Waals surface area (Å²) in [5, 5.41) is 3.30. The number of rotatable bonds is 5. The van der Waals surface area contributed by atoms with Crippen molar-refractivity contribution in [1.82, 2.24) is 19.9 Å². The maximum atomic E-state index is 13.2. The third-order valence-corrected chi connectivity index (χ3v) is 5.27. The minimum Gasteiger partial charge on any atom is -0.424 e. The van der Waals surface area contributed by atoms with Crippen molar-refractivity contribution >= 4 is 28.6 Å². The normalized spacial score (nSPS) is 14.1. The molecule has 158 valence electrons. The van der Waals surface area contributed by atoms with Gasteiger partial charge in [-0.2, -0.15) is 15.0 Å².